The van der Waals surface area contributed by atoms with E-state index < -0.39 is 17.9 Å². The van der Waals surface area contributed by atoms with Gasteiger partial charge < -0.3 is 15.1 Å². The lowest BCUT2D eigenvalue weighted by molar-refractivity contribution is -0.168. The zero-order chi connectivity index (χ0) is 30.0. The van der Waals surface area contributed by atoms with Crippen LogP contribution in [0.1, 0.15) is 91.4 Å². The normalized spacial score (nSPS) is 15.9. The van der Waals surface area contributed by atoms with E-state index in [-0.39, 0.29) is 6.61 Å². The number of carbonyl (C=O) groups excluding carboxylic acids is 1. The predicted molar refractivity (Wildman–Crippen MR) is 155 cm³/mol. The standard InChI is InChI=1S/C30H39NO3.C3H3F3O/c1-2-3-4-16-31-20-23(21-31)18-22-10-12-25(13-11-22)29-24(9-6-17-32)7-5-8-26-19-27(30(33)34)14-15-28(26)29;1-2(7)3(4,5)6/h10-15,19,23,32H,2-9,16-18,20-21H2,1H3,(H,33,34);1H3. The van der Waals surface area contributed by atoms with Crippen molar-refractivity contribution in [1.29, 1.82) is 0 Å². The summed E-state index contributed by atoms with van der Waals surface area (Å²) in [5.74, 6) is -1.87. The van der Waals surface area contributed by atoms with Crippen molar-refractivity contribution in [1.82, 2.24) is 4.90 Å². The maximum absolute atomic E-state index is 11.5. The smallest absolute Gasteiger partial charge is 0.449 e. The fraction of sp³-hybridized carbons (Fsp3) is 0.515. The topological polar surface area (TPSA) is 77.8 Å². The molecule has 2 aromatic carbocycles. The number of aryl methyl sites for hydroxylation is 1. The number of aliphatic hydroxyl groups excluding tert-OH is 1. The van der Waals surface area contributed by atoms with E-state index in [9.17, 15) is 33.0 Å². The third-order valence-corrected chi connectivity index (χ3v) is 7.81. The number of unbranched alkanes of at least 4 members (excludes halogenated alkanes) is 2. The summed E-state index contributed by atoms with van der Waals surface area (Å²) in [7, 11) is 0. The Morgan fingerprint density at radius 1 is 1.00 bits per heavy atom. The number of carboxylic acid groups (broad SMARTS) is 1. The maximum Gasteiger partial charge on any atom is 0.449 e. The lowest BCUT2D eigenvalue weighted by Crippen LogP contribution is -2.47. The Balaban J connectivity index is 0.000000587. The number of halogens is 3. The van der Waals surface area contributed by atoms with Crippen molar-refractivity contribution in [3.63, 3.8) is 0 Å². The molecule has 0 unspecified atom stereocenters. The molecule has 5 nitrogen and oxygen atoms in total. The number of nitrogens with zero attached hydrogens (tertiary/aromatic N) is 1. The first-order valence-corrected chi connectivity index (χ1v) is 14.6. The Bertz CT molecular complexity index is 1200. The average Bonchev–Trinajstić information content (AvgIpc) is 3.09. The van der Waals surface area contributed by atoms with Gasteiger partial charge in [-0.15, -0.1) is 0 Å². The molecule has 4 rings (SSSR count). The van der Waals surface area contributed by atoms with Crippen molar-refractivity contribution >= 4 is 17.3 Å². The Kier molecular flexibility index (Phi) is 12.2. The summed E-state index contributed by atoms with van der Waals surface area (Å²) < 4.78 is 32.5. The molecule has 8 heteroatoms. The molecule has 0 radical (unpaired) electrons. The summed E-state index contributed by atoms with van der Waals surface area (Å²) in [6.07, 6.45) is 4.96. The first-order valence-electron chi connectivity index (χ1n) is 14.6. The van der Waals surface area contributed by atoms with Gasteiger partial charge in [-0.2, -0.15) is 13.2 Å². The van der Waals surface area contributed by atoms with Crippen LogP contribution in [-0.4, -0.2) is 59.3 Å². The first kappa shape index (κ1) is 32.5. The average molecular weight is 574 g/mol. The zero-order valence-corrected chi connectivity index (χ0v) is 24.1. The van der Waals surface area contributed by atoms with Crippen molar-refractivity contribution in [2.75, 3.05) is 26.2 Å². The minimum atomic E-state index is -4.64. The fourth-order valence-electron chi connectivity index (χ4n) is 5.60. The van der Waals surface area contributed by atoms with Gasteiger partial charge >= 0.3 is 12.1 Å². The summed E-state index contributed by atoms with van der Waals surface area (Å²) in [5, 5.41) is 18.9. The molecular weight excluding hydrogens is 531 g/mol. The van der Waals surface area contributed by atoms with Crippen molar-refractivity contribution < 1.29 is 33.0 Å². The molecule has 1 aliphatic carbocycles. The van der Waals surface area contributed by atoms with Gasteiger partial charge in [-0.3, -0.25) is 4.79 Å². The van der Waals surface area contributed by atoms with E-state index in [1.165, 1.54) is 61.2 Å². The van der Waals surface area contributed by atoms with Crippen LogP contribution < -0.4 is 0 Å². The summed E-state index contributed by atoms with van der Waals surface area (Å²) in [6.45, 7) is 6.63. The number of carbonyl (C=O) groups is 2. The molecule has 1 aliphatic heterocycles. The van der Waals surface area contributed by atoms with Gasteiger partial charge in [-0.1, -0.05) is 55.7 Å². The number of carboxylic acids is 1. The number of hydrogen-bond acceptors (Lipinski definition) is 4. The molecule has 41 heavy (non-hydrogen) atoms. The van der Waals surface area contributed by atoms with Crippen LogP contribution in [-0.2, 0) is 17.6 Å². The Morgan fingerprint density at radius 2 is 1.68 bits per heavy atom. The third kappa shape index (κ3) is 9.54. The van der Waals surface area contributed by atoms with Crippen molar-refractivity contribution in [2.45, 2.75) is 77.8 Å². The number of rotatable bonds is 11. The summed E-state index contributed by atoms with van der Waals surface area (Å²) in [5.41, 5.74) is 7.87. The molecule has 0 amide bonds. The van der Waals surface area contributed by atoms with Crippen LogP contribution in [0.15, 0.2) is 48.0 Å². The number of likely N-dealkylation sites (tertiary alicyclic amines) is 1. The van der Waals surface area contributed by atoms with Crippen LogP contribution in [0, 0.1) is 5.92 Å². The van der Waals surface area contributed by atoms with E-state index in [4.69, 9.17) is 0 Å². The number of fused-ring (bicyclic) bond motifs is 1. The van der Waals surface area contributed by atoms with Gasteiger partial charge in [-0.05, 0) is 97.4 Å². The van der Waals surface area contributed by atoms with Gasteiger partial charge in [-0.25, -0.2) is 4.79 Å². The summed E-state index contributed by atoms with van der Waals surface area (Å²) in [6, 6.07) is 14.6. The number of alkyl halides is 3. The molecule has 2 N–H and O–H groups in total. The van der Waals surface area contributed by atoms with E-state index in [1.54, 1.807) is 6.07 Å². The zero-order valence-electron chi connectivity index (χ0n) is 24.1. The Hall–Kier alpha value is -2.97. The Morgan fingerprint density at radius 3 is 2.27 bits per heavy atom. The minimum absolute atomic E-state index is 0.192. The van der Waals surface area contributed by atoms with E-state index in [0.29, 0.717) is 12.5 Å². The van der Waals surface area contributed by atoms with Gasteiger partial charge in [0, 0.05) is 26.6 Å². The van der Waals surface area contributed by atoms with Crippen LogP contribution in [0.25, 0.3) is 5.57 Å². The van der Waals surface area contributed by atoms with Crippen LogP contribution in [0.5, 0.6) is 0 Å². The number of aliphatic hydroxyl groups is 1. The van der Waals surface area contributed by atoms with Gasteiger partial charge in [0.05, 0.1) is 5.56 Å². The summed E-state index contributed by atoms with van der Waals surface area (Å²) >= 11 is 0. The van der Waals surface area contributed by atoms with E-state index in [0.717, 1.165) is 55.6 Å². The molecule has 0 aromatic heterocycles. The van der Waals surface area contributed by atoms with Gasteiger partial charge in [0.1, 0.15) is 0 Å². The van der Waals surface area contributed by atoms with Gasteiger partial charge in [0.15, 0.2) is 0 Å². The lowest BCUT2D eigenvalue weighted by Gasteiger charge is -2.39. The highest BCUT2D eigenvalue weighted by Gasteiger charge is 2.33. The van der Waals surface area contributed by atoms with E-state index >= 15 is 0 Å². The molecule has 0 spiro atoms. The van der Waals surface area contributed by atoms with E-state index in [1.807, 2.05) is 12.1 Å². The molecular formula is C33H42F3NO4. The molecule has 0 saturated carbocycles. The SMILES string of the molecule is CC(=O)C(F)(F)F.CCCCCN1CC(Cc2ccc(C3=C(CCCO)CCCc4cc(C(=O)O)ccc43)cc2)C1. The number of benzene rings is 2. The van der Waals surface area contributed by atoms with Crippen molar-refractivity contribution in [3.8, 4) is 0 Å². The molecule has 1 heterocycles. The number of aromatic carboxylic acids is 1. The summed E-state index contributed by atoms with van der Waals surface area (Å²) in [4.78, 5) is 23.5. The van der Waals surface area contributed by atoms with Crippen LogP contribution >= 0.6 is 0 Å². The van der Waals surface area contributed by atoms with Crippen LogP contribution in [0.4, 0.5) is 13.2 Å². The van der Waals surface area contributed by atoms with Crippen molar-refractivity contribution in [3.05, 3.63) is 75.9 Å². The van der Waals surface area contributed by atoms with Crippen molar-refractivity contribution in [2.24, 2.45) is 5.92 Å². The number of allylic oxidation sites excluding steroid dienone is 1. The van der Waals surface area contributed by atoms with E-state index in [2.05, 4.69) is 36.1 Å². The van der Waals surface area contributed by atoms with Gasteiger partial charge in [0.2, 0.25) is 5.78 Å². The molecule has 0 atom stereocenters. The molecule has 1 saturated heterocycles. The molecule has 0 bridgehead atoms. The lowest BCUT2D eigenvalue weighted by atomic mass is 9.87. The Labute approximate surface area is 241 Å². The van der Waals surface area contributed by atoms with Crippen LogP contribution in [0.3, 0.4) is 0 Å². The minimum Gasteiger partial charge on any atom is -0.478 e. The number of ketones is 1. The van der Waals surface area contributed by atoms with Crippen LogP contribution in [0.2, 0.25) is 0 Å². The number of hydrogen-bond donors (Lipinski definition) is 2. The largest absolute Gasteiger partial charge is 0.478 e. The fourth-order valence-corrected chi connectivity index (χ4v) is 5.60. The highest BCUT2D eigenvalue weighted by Crippen LogP contribution is 2.37. The highest BCUT2D eigenvalue weighted by molar-refractivity contribution is 5.90. The maximum atomic E-state index is 11.5. The third-order valence-electron chi connectivity index (χ3n) is 7.81. The second-order valence-corrected chi connectivity index (χ2v) is 11.1. The molecule has 224 valence electrons. The second-order valence-electron chi connectivity index (χ2n) is 11.1. The quantitative estimate of drug-likeness (QED) is 0.281. The molecule has 2 aliphatic rings. The predicted octanol–water partition coefficient (Wildman–Crippen LogP) is 7.10. The second kappa shape index (κ2) is 15.3. The molecule has 2 aromatic rings. The van der Waals surface area contributed by atoms with Gasteiger partial charge in [0.25, 0.3) is 0 Å². The molecule has 1 fully saturated rings. The first-order chi connectivity index (χ1) is 19.5. The number of Topliss-reactive ketones (excluding diaryl/α,β-unsaturated/α-hetero) is 1. The highest BCUT2D eigenvalue weighted by atomic mass is 19.4. The monoisotopic (exact) mass is 573 g/mol.